The van der Waals surface area contributed by atoms with Crippen molar-refractivity contribution in [2.75, 3.05) is 13.1 Å². The Kier molecular flexibility index (Phi) is 4.59. The summed E-state index contributed by atoms with van der Waals surface area (Å²) in [6.45, 7) is 2.74. The van der Waals surface area contributed by atoms with Crippen LogP contribution in [0.25, 0.3) is 0 Å². The molecule has 0 aliphatic carbocycles. The zero-order chi connectivity index (χ0) is 14.7. The normalized spacial score (nSPS) is 18.8. The van der Waals surface area contributed by atoms with Gasteiger partial charge < -0.3 is 14.8 Å². The van der Waals surface area contributed by atoms with E-state index < -0.39 is 6.04 Å². The van der Waals surface area contributed by atoms with Gasteiger partial charge in [0.2, 0.25) is 11.8 Å². The Bertz CT molecular complexity index is 584. The molecule has 1 saturated heterocycles. The molecule has 1 aromatic heterocycles. The van der Waals surface area contributed by atoms with Crippen LogP contribution in [-0.2, 0) is 16.1 Å². The summed E-state index contributed by atoms with van der Waals surface area (Å²) >= 11 is 3.27. The van der Waals surface area contributed by atoms with E-state index in [0.29, 0.717) is 19.5 Å². The van der Waals surface area contributed by atoms with Crippen LogP contribution >= 0.6 is 15.9 Å². The SMILES string of the molecule is CCC1C(=O)NCCN1C(=O)Cn1cc(Br)ccc1=O. The number of nitrogens with zero attached hydrogens (tertiary/aromatic N) is 2. The summed E-state index contributed by atoms with van der Waals surface area (Å²) in [5.74, 6) is -0.347. The first-order valence-electron chi connectivity index (χ1n) is 6.46. The van der Waals surface area contributed by atoms with E-state index in [1.54, 1.807) is 17.2 Å². The third kappa shape index (κ3) is 3.09. The van der Waals surface area contributed by atoms with Crippen molar-refractivity contribution in [1.29, 1.82) is 0 Å². The van der Waals surface area contributed by atoms with Crippen LogP contribution in [0.3, 0.4) is 0 Å². The summed E-state index contributed by atoms with van der Waals surface area (Å²) in [6.07, 6.45) is 2.14. The van der Waals surface area contributed by atoms with E-state index in [4.69, 9.17) is 0 Å². The van der Waals surface area contributed by atoms with Crippen LogP contribution < -0.4 is 10.9 Å². The number of halogens is 1. The third-order valence-corrected chi connectivity index (χ3v) is 3.76. The maximum atomic E-state index is 12.3. The Morgan fingerprint density at radius 1 is 1.45 bits per heavy atom. The summed E-state index contributed by atoms with van der Waals surface area (Å²) in [6, 6.07) is 2.59. The zero-order valence-electron chi connectivity index (χ0n) is 11.1. The van der Waals surface area contributed by atoms with E-state index in [2.05, 4.69) is 21.2 Å². The van der Waals surface area contributed by atoms with Gasteiger partial charge in [0.15, 0.2) is 0 Å². The van der Waals surface area contributed by atoms with Crippen LogP contribution in [0.15, 0.2) is 27.6 Å². The minimum Gasteiger partial charge on any atom is -0.353 e. The van der Waals surface area contributed by atoms with Gasteiger partial charge in [-0.2, -0.15) is 0 Å². The molecule has 0 aromatic carbocycles. The molecule has 2 amide bonds. The molecule has 1 aliphatic heterocycles. The van der Waals surface area contributed by atoms with Gasteiger partial charge in [-0.15, -0.1) is 0 Å². The summed E-state index contributed by atoms with van der Waals surface area (Å²) in [5.41, 5.74) is -0.240. The highest BCUT2D eigenvalue weighted by Gasteiger charge is 2.31. The number of nitrogens with one attached hydrogen (secondary N) is 1. The Labute approximate surface area is 124 Å². The maximum Gasteiger partial charge on any atom is 0.251 e. The highest BCUT2D eigenvalue weighted by atomic mass is 79.9. The molecule has 108 valence electrons. The first-order chi connectivity index (χ1) is 9.52. The number of pyridine rings is 1. The first-order valence-corrected chi connectivity index (χ1v) is 7.25. The quantitative estimate of drug-likeness (QED) is 0.862. The number of hydrogen-bond donors (Lipinski definition) is 1. The molecule has 2 heterocycles. The Morgan fingerprint density at radius 2 is 2.20 bits per heavy atom. The first kappa shape index (κ1) is 14.8. The van der Waals surface area contributed by atoms with Crippen molar-refractivity contribution in [1.82, 2.24) is 14.8 Å². The van der Waals surface area contributed by atoms with Gasteiger partial charge in [0.25, 0.3) is 5.56 Å². The predicted molar refractivity (Wildman–Crippen MR) is 77.2 cm³/mol. The Hall–Kier alpha value is -1.63. The number of carbonyl (C=O) groups excluding carboxylic acids is 2. The molecule has 0 bridgehead atoms. The second kappa shape index (κ2) is 6.21. The average molecular weight is 342 g/mol. The van der Waals surface area contributed by atoms with Crippen molar-refractivity contribution in [3.63, 3.8) is 0 Å². The van der Waals surface area contributed by atoms with Gasteiger partial charge in [0, 0.05) is 29.8 Å². The molecule has 1 unspecified atom stereocenters. The fourth-order valence-electron chi connectivity index (χ4n) is 2.28. The van der Waals surface area contributed by atoms with Crippen molar-refractivity contribution < 1.29 is 9.59 Å². The van der Waals surface area contributed by atoms with Gasteiger partial charge in [-0.25, -0.2) is 0 Å². The van der Waals surface area contributed by atoms with Crippen molar-refractivity contribution >= 4 is 27.7 Å². The van der Waals surface area contributed by atoms with Crippen LogP contribution in [-0.4, -0.2) is 40.4 Å². The number of amides is 2. The van der Waals surface area contributed by atoms with Crippen LogP contribution in [0.2, 0.25) is 0 Å². The zero-order valence-corrected chi connectivity index (χ0v) is 12.7. The smallest absolute Gasteiger partial charge is 0.251 e. The largest absolute Gasteiger partial charge is 0.353 e. The van der Waals surface area contributed by atoms with Crippen LogP contribution in [0.1, 0.15) is 13.3 Å². The van der Waals surface area contributed by atoms with E-state index in [1.807, 2.05) is 6.92 Å². The highest BCUT2D eigenvalue weighted by molar-refractivity contribution is 9.10. The number of carbonyl (C=O) groups is 2. The lowest BCUT2D eigenvalue weighted by molar-refractivity contribution is -0.143. The topological polar surface area (TPSA) is 71.4 Å². The second-order valence-corrected chi connectivity index (χ2v) is 5.53. The van der Waals surface area contributed by atoms with Crippen LogP contribution in [0.4, 0.5) is 0 Å². The molecule has 1 aliphatic rings. The second-order valence-electron chi connectivity index (χ2n) is 4.62. The highest BCUT2D eigenvalue weighted by Crippen LogP contribution is 2.10. The molecule has 1 fully saturated rings. The van der Waals surface area contributed by atoms with Crippen LogP contribution in [0, 0.1) is 0 Å². The fourth-order valence-corrected chi connectivity index (χ4v) is 2.66. The monoisotopic (exact) mass is 341 g/mol. The van der Waals surface area contributed by atoms with Crippen LogP contribution in [0.5, 0.6) is 0 Å². The van der Waals surface area contributed by atoms with E-state index in [1.165, 1.54) is 10.6 Å². The van der Waals surface area contributed by atoms with Gasteiger partial charge in [-0.1, -0.05) is 6.92 Å². The minimum absolute atomic E-state index is 0.0535. The van der Waals surface area contributed by atoms with Gasteiger partial charge in [-0.3, -0.25) is 14.4 Å². The Morgan fingerprint density at radius 3 is 2.90 bits per heavy atom. The lowest BCUT2D eigenvalue weighted by atomic mass is 10.1. The number of hydrogen-bond acceptors (Lipinski definition) is 3. The summed E-state index contributed by atoms with van der Waals surface area (Å²) in [4.78, 5) is 37.3. The molecular formula is C13H16BrN3O3. The standard InChI is InChI=1S/C13H16BrN3O3/c1-2-10-13(20)15-5-6-17(10)12(19)8-16-7-9(14)3-4-11(16)18/h3-4,7,10H,2,5-6,8H2,1H3,(H,15,20). The average Bonchev–Trinajstić information content (AvgIpc) is 2.42. The molecule has 1 atom stereocenters. The molecule has 2 rings (SSSR count). The Balaban J connectivity index is 2.16. The molecule has 0 saturated carbocycles. The van der Waals surface area contributed by atoms with Gasteiger partial charge in [0.1, 0.15) is 12.6 Å². The van der Waals surface area contributed by atoms with Crippen molar-refractivity contribution in [3.05, 3.63) is 33.2 Å². The third-order valence-electron chi connectivity index (χ3n) is 3.29. The number of piperazine rings is 1. The van der Waals surface area contributed by atoms with E-state index in [0.717, 1.165) is 4.47 Å². The van der Waals surface area contributed by atoms with E-state index >= 15 is 0 Å². The lowest BCUT2D eigenvalue weighted by Gasteiger charge is -2.34. The number of rotatable bonds is 3. The van der Waals surface area contributed by atoms with E-state index in [9.17, 15) is 14.4 Å². The molecule has 0 spiro atoms. The number of aromatic nitrogens is 1. The molecule has 0 radical (unpaired) electrons. The van der Waals surface area contributed by atoms with Gasteiger partial charge >= 0.3 is 0 Å². The fraction of sp³-hybridized carbons (Fsp3) is 0.462. The van der Waals surface area contributed by atoms with Crippen molar-refractivity contribution in [2.24, 2.45) is 0 Å². The van der Waals surface area contributed by atoms with E-state index in [-0.39, 0.29) is 23.9 Å². The predicted octanol–water partition coefficient (Wildman–Crippen LogP) is 0.348. The molecule has 20 heavy (non-hydrogen) atoms. The molecular weight excluding hydrogens is 326 g/mol. The molecule has 7 heteroatoms. The summed E-state index contributed by atoms with van der Waals surface area (Å²) in [5, 5.41) is 2.74. The molecule has 1 N–H and O–H groups in total. The van der Waals surface area contributed by atoms with Gasteiger partial charge in [-0.05, 0) is 28.4 Å². The van der Waals surface area contributed by atoms with Crippen molar-refractivity contribution in [3.8, 4) is 0 Å². The van der Waals surface area contributed by atoms with Crippen molar-refractivity contribution in [2.45, 2.75) is 25.9 Å². The molecule has 1 aromatic rings. The molecule has 6 nitrogen and oxygen atoms in total. The van der Waals surface area contributed by atoms with Gasteiger partial charge in [0.05, 0.1) is 0 Å². The minimum atomic E-state index is -0.445. The maximum absolute atomic E-state index is 12.3. The summed E-state index contributed by atoms with van der Waals surface area (Å²) in [7, 11) is 0. The summed E-state index contributed by atoms with van der Waals surface area (Å²) < 4.78 is 2.07. The lowest BCUT2D eigenvalue weighted by Crippen LogP contribution is -2.57.